The summed E-state index contributed by atoms with van der Waals surface area (Å²) in [4.78, 5) is 23.1. The lowest BCUT2D eigenvalue weighted by Gasteiger charge is -2.37. The Balaban J connectivity index is 1.43. The number of benzene rings is 1. The van der Waals surface area contributed by atoms with Crippen LogP contribution in [0.3, 0.4) is 0 Å². The number of anilines is 2. The highest BCUT2D eigenvalue weighted by atomic mass is 19.1. The summed E-state index contributed by atoms with van der Waals surface area (Å²) in [5.41, 5.74) is 0.764. The Morgan fingerprint density at radius 1 is 1.12 bits per heavy atom. The van der Waals surface area contributed by atoms with Gasteiger partial charge in [0.15, 0.2) is 5.79 Å². The molecule has 2 aromatic rings. The fourth-order valence-corrected chi connectivity index (χ4v) is 3.19. The highest BCUT2D eigenvalue weighted by Gasteiger charge is 2.40. The fourth-order valence-electron chi connectivity index (χ4n) is 3.19. The highest BCUT2D eigenvalue weighted by molar-refractivity contribution is 6.02. The number of ether oxygens (including phenoxy) is 2. The summed E-state index contributed by atoms with van der Waals surface area (Å²) in [7, 11) is 0. The number of nitrogens with zero attached hydrogens (tertiary/aromatic N) is 3. The minimum Gasteiger partial charge on any atom is -0.347 e. The molecule has 1 aromatic carbocycles. The topological polar surface area (TPSA) is 76.6 Å². The van der Waals surface area contributed by atoms with Crippen LogP contribution in [-0.4, -0.2) is 48.0 Å². The predicted molar refractivity (Wildman–Crippen MR) is 92.5 cm³/mol. The summed E-state index contributed by atoms with van der Waals surface area (Å²) in [6, 6.07) is 7.13. The third-order valence-electron chi connectivity index (χ3n) is 4.60. The minimum absolute atomic E-state index is 0.257. The van der Waals surface area contributed by atoms with Crippen LogP contribution >= 0.6 is 0 Å². The maximum Gasteiger partial charge on any atom is 0.274 e. The summed E-state index contributed by atoms with van der Waals surface area (Å²) in [6.07, 6.45) is 3.04. The van der Waals surface area contributed by atoms with E-state index in [4.69, 9.17) is 9.47 Å². The van der Waals surface area contributed by atoms with E-state index in [9.17, 15) is 9.18 Å². The maximum atomic E-state index is 13.0. The number of carbonyl (C=O) groups is 1. The quantitative estimate of drug-likeness (QED) is 0.907. The Morgan fingerprint density at radius 2 is 1.81 bits per heavy atom. The molecule has 0 aliphatic carbocycles. The lowest BCUT2D eigenvalue weighted by Crippen LogP contribution is -2.45. The molecule has 1 aromatic heterocycles. The molecule has 1 N–H and O–H groups in total. The van der Waals surface area contributed by atoms with Gasteiger partial charge in [0.05, 0.1) is 13.2 Å². The van der Waals surface area contributed by atoms with Crippen molar-refractivity contribution in [2.24, 2.45) is 0 Å². The third kappa shape index (κ3) is 3.51. The summed E-state index contributed by atoms with van der Waals surface area (Å²) < 4.78 is 24.4. The second-order valence-corrected chi connectivity index (χ2v) is 6.30. The van der Waals surface area contributed by atoms with Crippen LogP contribution < -0.4 is 10.2 Å². The van der Waals surface area contributed by atoms with E-state index in [0.29, 0.717) is 37.9 Å². The number of aromatic nitrogens is 2. The molecule has 7 nitrogen and oxygen atoms in total. The van der Waals surface area contributed by atoms with Gasteiger partial charge in [-0.3, -0.25) is 4.79 Å². The largest absolute Gasteiger partial charge is 0.347 e. The van der Waals surface area contributed by atoms with Crippen molar-refractivity contribution in [2.75, 3.05) is 36.5 Å². The summed E-state index contributed by atoms with van der Waals surface area (Å²) >= 11 is 0. The van der Waals surface area contributed by atoms with Crippen LogP contribution in [0, 0.1) is 5.82 Å². The smallest absolute Gasteiger partial charge is 0.274 e. The molecule has 2 aliphatic rings. The molecule has 0 bridgehead atoms. The lowest BCUT2D eigenvalue weighted by molar-refractivity contribution is -0.169. The van der Waals surface area contributed by atoms with E-state index < -0.39 is 5.79 Å². The number of rotatable bonds is 3. The van der Waals surface area contributed by atoms with Gasteiger partial charge in [0.1, 0.15) is 11.5 Å². The van der Waals surface area contributed by atoms with E-state index in [1.165, 1.54) is 24.3 Å². The van der Waals surface area contributed by atoms with Gasteiger partial charge in [-0.15, -0.1) is 0 Å². The monoisotopic (exact) mass is 358 g/mol. The van der Waals surface area contributed by atoms with Crippen molar-refractivity contribution >= 4 is 17.5 Å². The second-order valence-electron chi connectivity index (χ2n) is 6.30. The molecule has 0 radical (unpaired) electrons. The third-order valence-corrected chi connectivity index (χ3v) is 4.60. The lowest BCUT2D eigenvalue weighted by atomic mass is 10.0. The van der Waals surface area contributed by atoms with Crippen molar-refractivity contribution in [1.29, 1.82) is 0 Å². The number of carbonyl (C=O) groups excluding carboxylic acids is 1. The van der Waals surface area contributed by atoms with Crippen molar-refractivity contribution < 1.29 is 18.7 Å². The van der Waals surface area contributed by atoms with Gasteiger partial charge in [-0.05, 0) is 30.3 Å². The van der Waals surface area contributed by atoms with Gasteiger partial charge in [0, 0.05) is 37.8 Å². The summed E-state index contributed by atoms with van der Waals surface area (Å²) in [5, 5.41) is 2.70. The zero-order chi connectivity index (χ0) is 18.0. The number of amides is 1. The van der Waals surface area contributed by atoms with Gasteiger partial charge < -0.3 is 19.7 Å². The standard InChI is InChI=1S/C18H19FN4O3/c19-13-1-3-14(4-2-13)21-16(24)15-5-8-20-17(22-15)23-9-6-18(7-10-23)25-11-12-26-18/h1-5,8H,6-7,9-12H2,(H,21,24). The Kier molecular flexibility index (Phi) is 4.52. The van der Waals surface area contributed by atoms with Crippen molar-refractivity contribution in [1.82, 2.24) is 9.97 Å². The van der Waals surface area contributed by atoms with Crippen LogP contribution in [0.5, 0.6) is 0 Å². The second kappa shape index (κ2) is 6.97. The van der Waals surface area contributed by atoms with E-state index >= 15 is 0 Å². The normalized spacial score (nSPS) is 18.9. The van der Waals surface area contributed by atoms with E-state index in [1.807, 2.05) is 4.90 Å². The van der Waals surface area contributed by atoms with Crippen LogP contribution in [0.1, 0.15) is 23.3 Å². The van der Waals surface area contributed by atoms with Crippen molar-refractivity contribution in [2.45, 2.75) is 18.6 Å². The van der Waals surface area contributed by atoms with Gasteiger partial charge in [-0.1, -0.05) is 0 Å². The highest BCUT2D eigenvalue weighted by Crippen LogP contribution is 2.32. The van der Waals surface area contributed by atoms with E-state index in [1.54, 1.807) is 12.3 Å². The van der Waals surface area contributed by atoms with Gasteiger partial charge in [-0.25, -0.2) is 14.4 Å². The molecule has 0 saturated carbocycles. The summed E-state index contributed by atoms with van der Waals surface area (Å²) in [6.45, 7) is 2.66. The maximum absolute atomic E-state index is 13.0. The Hall–Kier alpha value is -2.58. The molecule has 2 aliphatic heterocycles. The Bertz CT molecular complexity index is 783. The van der Waals surface area contributed by atoms with Crippen molar-refractivity contribution in [3.63, 3.8) is 0 Å². The average molecular weight is 358 g/mol. The first-order valence-electron chi connectivity index (χ1n) is 8.56. The minimum atomic E-state index is -0.464. The first-order chi connectivity index (χ1) is 12.6. The predicted octanol–water partition coefficient (Wildman–Crippen LogP) is 2.21. The van der Waals surface area contributed by atoms with Gasteiger partial charge in [0.2, 0.25) is 5.95 Å². The molecular weight excluding hydrogens is 339 g/mol. The molecule has 0 unspecified atom stereocenters. The number of hydrogen-bond acceptors (Lipinski definition) is 6. The number of nitrogens with one attached hydrogen (secondary N) is 1. The van der Waals surface area contributed by atoms with E-state index in [-0.39, 0.29) is 17.4 Å². The van der Waals surface area contributed by atoms with Gasteiger partial charge in [-0.2, -0.15) is 0 Å². The average Bonchev–Trinajstić information content (AvgIpc) is 3.12. The number of hydrogen-bond donors (Lipinski definition) is 1. The molecule has 1 spiro atoms. The molecule has 26 heavy (non-hydrogen) atoms. The Morgan fingerprint density at radius 3 is 2.50 bits per heavy atom. The first kappa shape index (κ1) is 16.9. The van der Waals surface area contributed by atoms with E-state index in [0.717, 1.165) is 12.8 Å². The van der Waals surface area contributed by atoms with E-state index in [2.05, 4.69) is 15.3 Å². The zero-order valence-electron chi connectivity index (χ0n) is 14.2. The Labute approximate surface area is 150 Å². The molecule has 3 heterocycles. The van der Waals surface area contributed by atoms with Crippen molar-refractivity contribution in [3.8, 4) is 0 Å². The molecule has 0 atom stereocenters. The van der Waals surface area contributed by atoms with Crippen LogP contribution in [-0.2, 0) is 9.47 Å². The van der Waals surface area contributed by atoms with Crippen LogP contribution in [0.25, 0.3) is 0 Å². The molecular formula is C18H19FN4O3. The molecule has 2 fully saturated rings. The zero-order valence-corrected chi connectivity index (χ0v) is 14.2. The molecule has 2 saturated heterocycles. The molecule has 136 valence electrons. The van der Waals surface area contributed by atoms with Crippen molar-refractivity contribution in [3.05, 3.63) is 48.0 Å². The number of piperidine rings is 1. The SMILES string of the molecule is O=C(Nc1ccc(F)cc1)c1ccnc(N2CCC3(CC2)OCCO3)n1. The first-order valence-corrected chi connectivity index (χ1v) is 8.56. The molecule has 4 rings (SSSR count). The van der Waals surface area contributed by atoms with Crippen LogP contribution in [0.2, 0.25) is 0 Å². The number of halogens is 1. The summed E-state index contributed by atoms with van der Waals surface area (Å²) in [5.74, 6) is -0.681. The van der Waals surface area contributed by atoms with Crippen LogP contribution in [0.4, 0.5) is 16.0 Å². The van der Waals surface area contributed by atoms with Gasteiger partial charge in [0.25, 0.3) is 5.91 Å². The fraction of sp³-hybridized carbons (Fsp3) is 0.389. The van der Waals surface area contributed by atoms with Crippen LogP contribution in [0.15, 0.2) is 36.5 Å². The molecule has 8 heteroatoms. The molecule has 1 amide bonds. The van der Waals surface area contributed by atoms with Gasteiger partial charge >= 0.3 is 0 Å².